The number of benzene rings is 2. The zero-order chi connectivity index (χ0) is 17.6. The van der Waals surface area contributed by atoms with Crippen LogP contribution in [-0.4, -0.2) is 21.4 Å². The standard InChI is InChI=1S/C19H18FN3OS/c1-14-11-18(23(22-14)12-15-7-3-2-4-8-15)21-19(24)13-25-17-10-6-5-9-16(17)20/h2-11H,12-13H2,1H3,(H,21,24). The minimum absolute atomic E-state index is 0.135. The second kappa shape index (κ2) is 7.98. The van der Waals surface area contributed by atoms with E-state index in [1.807, 2.05) is 43.3 Å². The Morgan fingerprint density at radius 2 is 1.88 bits per heavy atom. The lowest BCUT2D eigenvalue weighted by molar-refractivity contribution is -0.113. The largest absolute Gasteiger partial charge is 0.310 e. The summed E-state index contributed by atoms with van der Waals surface area (Å²) in [6.45, 7) is 2.45. The van der Waals surface area contributed by atoms with Crippen LogP contribution in [0.5, 0.6) is 0 Å². The molecule has 0 aliphatic carbocycles. The number of amides is 1. The Kier molecular flexibility index (Phi) is 5.50. The number of aryl methyl sites for hydroxylation is 1. The quantitative estimate of drug-likeness (QED) is 0.677. The highest BCUT2D eigenvalue weighted by Crippen LogP contribution is 2.21. The Bertz CT molecular complexity index is 864. The van der Waals surface area contributed by atoms with Crippen LogP contribution in [-0.2, 0) is 11.3 Å². The number of thioether (sulfide) groups is 1. The smallest absolute Gasteiger partial charge is 0.235 e. The summed E-state index contributed by atoms with van der Waals surface area (Å²) in [5.41, 5.74) is 1.93. The Morgan fingerprint density at radius 1 is 1.16 bits per heavy atom. The van der Waals surface area contributed by atoms with Gasteiger partial charge in [0.2, 0.25) is 5.91 Å². The van der Waals surface area contributed by atoms with E-state index in [2.05, 4.69) is 10.4 Å². The molecule has 0 bridgehead atoms. The number of hydrogen-bond donors (Lipinski definition) is 1. The van der Waals surface area contributed by atoms with Crippen molar-refractivity contribution < 1.29 is 9.18 Å². The third-order valence-corrected chi connectivity index (χ3v) is 4.59. The second-order valence-electron chi connectivity index (χ2n) is 5.58. The van der Waals surface area contributed by atoms with E-state index in [0.717, 1.165) is 11.3 Å². The van der Waals surface area contributed by atoms with Gasteiger partial charge in [-0.2, -0.15) is 5.10 Å². The summed E-state index contributed by atoms with van der Waals surface area (Å²) in [6.07, 6.45) is 0. The summed E-state index contributed by atoms with van der Waals surface area (Å²) in [5, 5.41) is 7.29. The molecule has 6 heteroatoms. The Hall–Kier alpha value is -2.60. The van der Waals surface area contributed by atoms with Gasteiger partial charge in [-0.05, 0) is 24.6 Å². The average molecular weight is 355 g/mol. The van der Waals surface area contributed by atoms with Crippen LogP contribution in [0.2, 0.25) is 0 Å². The van der Waals surface area contributed by atoms with E-state index < -0.39 is 0 Å². The number of nitrogens with one attached hydrogen (secondary N) is 1. The second-order valence-corrected chi connectivity index (χ2v) is 6.60. The molecular weight excluding hydrogens is 337 g/mol. The van der Waals surface area contributed by atoms with Crippen molar-refractivity contribution in [3.8, 4) is 0 Å². The molecule has 3 rings (SSSR count). The molecule has 128 valence electrons. The number of hydrogen-bond acceptors (Lipinski definition) is 3. The summed E-state index contributed by atoms with van der Waals surface area (Å²) in [7, 11) is 0. The summed E-state index contributed by atoms with van der Waals surface area (Å²) >= 11 is 1.17. The minimum Gasteiger partial charge on any atom is -0.310 e. The van der Waals surface area contributed by atoms with Crippen molar-refractivity contribution in [2.75, 3.05) is 11.1 Å². The molecule has 4 nitrogen and oxygen atoms in total. The Labute approximate surface area is 150 Å². The lowest BCUT2D eigenvalue weighted by Crippen LogP contribution is -2.17. The van der Waals surface area contributed by atoms with Gasteiger partial charge >= 0.3 is 0 Å². The third-order valence-electron chi connectivity index (χ3n) is 3.54. The zero-order valence-electron chi connectivity index (χ0n) is 13.8. The average Bonchev–Trinajstić information content (AvgIpc) is 2.94. The van der Waals surface area contributed by atoms with Crippen LogP contribution < -0.4 is 5.32 Å². The molecule has 0 radical (unpaired) electrons. The molecule has 0 saturated carbocycles. The third kappa shape index (κ3) is 4.70. The highest BCUT2D eigenvalue weighted by molar-refractivity contribution is 8.00. The minimum atomic E-state index is -0.315. The van der Waals surface area contributed by atoms with Gasteiger partial charge in [0.05, 0.1) is 18.0 Å². The van der Waals surface area contributed by atoms with Gasteiger partial charge in [0.25, 0.3) is 0 Å². The Balaban J connectivity index is 1.64. The monoisotopic (exact) mass is 355 g/mol. The van der Waals surface area contributed by atoms with Gasteiger partial charge in [0, 0.05) is 11.0 Å². The Morgan fingerprint density at radius 3 is 2.64 bits per heavy atom. The first-order chi connectivity index (χ1) is 12.1. The highest BCUT2D eigenvalue weighted by Gasteiger charge is 2.11. The van der Waals surface area contributed by atoms with E-state index in [1.165, 1.54) is 17.8 Å². The van der Waals surface area contributed by atoms with Crippen LogP contribution in [0.25, 0.3) is 0 Å². The van der Waals surface area contributed by atoms with E-state index in [0.29, 0.717) is 17.3 Å². The zero-order valence-corrected chi connectivity index (χ0v) is 14.6. The maximum absolute atomic E-state index is 13.6. The van der Waals surface area contributed by atoms with Crippen molar-refractivity contribution in [1.82, 2.24) is 9.78 Å². The van der Waals surface area contributed by atoms with Crippen molar-refractivity contribution in [3.63, 3.8) is 0 Å². The lowest BCUT2D eigenvalue weighted by atomic mass is 10.2. The van der Waals surface area contributed by atoms with Gasteiger partial charge in [-0.15, -0.1) is 11.8 Å². The molecule has 0 aliphatic heterocycles. The molecule has 25 heavy (non-hydrogen) atoms. The predicted octanol–water partition coefficient (Wildman–Crippen LogP) is 4.11. The molecule has 0 atom stereocenters. The topological polar surface area (TPSA) is 46.9 Å². The van der Waals surface area contributed by atoms with Crippen molar-refractivity contribution in [1.29, 1.82) is 0 Å². The van der Waals surface area contributed by atoms with Crippen LogP contribution in [0.3, 0.4) is 0 Å². The maximum Gasteiger partial charge on any atom is 0.235 e. The van der Waals surface area contributed by atoms with E-state index >= 15 is 0 Å². The van der Waals surface area contributed by atoms with E-state index in [1.54, 1.807) is 22.9 Å². The fourth-order valence-corrected chi connectivity index (χ4v) is 3.15. The van der Waals surface area contributed by atoms with Crippen LogP contribution in [0.15, 0.2) is 65.6 Å². The molecule has 1 N–H and O–H groups in total. The first-order valence-electron chi connectivity index (χ1n) is 7.87. The number of nitrogens with zero attached hydrogens (tertiary/aromatic N) is 2. The lowest BCUT2D eigenvalue weighted by Gasteiger charge is -2.09. The molecule has 2 aromatic carbocycles. The number of halogens is 1. The molecule has 0 fully saturated rings. The van der Waals surface area contributed by atoms with Crippen LogP contribution >= 0.6 is 11.8 Å². The SMILES string of the molecule is Cc1cc(NC(=O)CSc2ccccc2F)n(Cc2ccccc2)n1. The first-order valence-corrected chi connectivity index (χ1v) is 8.86. The fourth-order valence-electron chi connectivity index (χ4n) is 2.41. The van der Waals surface area contributed by atoms with Crippen molar-refractivity contribution in [3.05, 3.63) is 77.7 Å². The molecule has 0 unspecified atom stereocenters. The van der Waals surface area contributed by atoms with Crippen molar-refractivity contribution >= 4 is 23.5 Å². The summed E-state index contributed by atoms with van der Waals surface area (Å²) < 4.78 is 15.4. The molecular formula is C19H18FN3OS. The maximum atomic E-state index is 13.6. The fraction of sp³-hybridized carbons (Fsp3) is 0.158. The summed E-state index contributed by atoms with van der Waals surface area (Å²) in [6, 6.07) is 18.2. The van der Waals surface area contributed by atoms with Gasteiger partial charge in [-0.1, -0.05) is 42.5 Å². The molecule has 1 aromatic heterocycles. The van der Waals surface area contributed by atoms with Gasteiger partial charge in [-0.3, -0.25) is 4.79 Å². The molecule has 1 amide bonds. The molecule has 0 saturated heterocycles. The van der Waals surface area contributed by atoms with Crippen molar-refractivity contribution in [2.45, 2.75) is 18.4 Å². The van der Waals surface area contributed by atoms with Crippen LogP contribution in [0, 0.1) is 12.7 Å². The molecule has 1 heterocycles. The normalized spacial score (nSPS) is 10.6. The number of carbonyl (C=O) groups excluding carboxylic acids is 1. The number of rotatable bonds is 6. The highest BCUT2D eigenvalue weighted by atomic mass is 32.2. The first kappa shape index (κ1) is 17.2. The van der Waals surface area contributed by atoms with E-state index in [4.69, 9.17) is 0 Å². The van der Waals surface area contributed by atoms with Gasteiger partial charge in [0.1, 0.15) is 11.6 Å². The van der Waals surface area contributed by atoms with E-state index in [-0.39, 0.29) is 17.5 Å². The predicted molar refractivity (Wildman–Crippen MR) is 98.3 cm³/mol. The van der Waals surface area contributed by atoms with Gasteiger partial charge in [0.15, 0.2) is 0 Å². The number of carbonyl (C=O) groups is 1. The number of anilines is 1. The molecule has 0 spiro atoms. The van der Waals surface area contributed by atoms with Crippen LogP contribution in [0.4, 0.5) is 10.2 Å². The van der Waals surface area contributed by atoms with Gasteiger partial charge < -0.3 is 5.32 Å². The van der Waals surface area contributed by atoms with Crippen LogP contribution in [0.1, 0.15) is 11.3 Å². The van der Waals surface area contributed by atoms with E-state index in [9.17, 15) is 9.18 Å². The van der Waals surface area contributed by atoms with Crippen molar-refractivity contribution in [2.24, 2.45) is 0 Å². The molecule has 3 aromatic rings. The summed E-state index contributed by atoms with van der Waals surface area (Å²) in [5.74, 6) is 0.268. The molecule has 0 aliphatic rings. The summed E-state index contributed by atoms with van der Waals surface area (Å²) in [4.78, 5) is 12.7. The van der Waals surface area contributed by atoms with Gasteiger partial charge in [-0.25, -0.2) is 9.07 Å². The number of aromatic nitrogens is 2.